The fourth-order valence-corrected chi connectivity index (χ4v) is 4.46. The molecule has 48 heavy (non-hydrogen) atoms. The Morgan fingerprint density at radius 1 is 0.604 bits per heavy atom. The van der Waals surface area contributed by atoms with Gasteiger partial charge in [0.1, 0.15) is 11.8 Å². The van der Waals surface area contributed by atoms with Crippen LogP contribution >= 0.6 is 0 Å². The van der Waals surface area contributed by atoms with E-state index in [-0.39, 0.29) is 0 Å². The summed E-state index contributed by atoms with van der Waals surface area (Å²) < 4.78 is 1.97. The molecule has 0 spiro atoms. The molecule has 0 radical (unpaired) electrons. The molecule has 7 aromatic rings. The molecule has 7 rings (SSSR count). The van der Waals surface area contributed by atoms with E-state index in [1.807, 2.05) is 137 Å². The first kappa shape index (κ1) is 36.7. The molecule has 0 aliphatic carbocycles. The first-order valence-electron chi connectivity index (χ1n) is 16.0. The molecule has 0 aliphatic rings. The number of aryl methyl sites for hydroxylation is 3. The van der Waals surface area contributed by atoms with Crippen LogP contribution in [0.4, 0.5) is 0 Å². The maximum atomic E-state index is 4.71. The summed E-state index contributed by atoms with van der Waals surface area (Å²) in [6.45, 7) is 12.1. The third kappa shape index (κ3) is 11.2. The predicted octanol–water partition coefficient (Wildman–Crippen LogP) is 10.8. The van der Waals surface area contributed by atoms with E-state index in [9.17, 15) is 0 Å². The summed E-state index contributed by atoms with van der Waals surface area (Å²) in [6.07, 6.45) is 18.9. The standard InChI is InChI=1S/C16H13N.C9H8N2.C7H7N3.C6H10.C4H8/c1-12-11-16(13-7-3-2-4-8-13)17-15-10-6-5-9-14(12)15;1-7-8-4-2-3-5-9(8)11-6-10-7;1-10-5-9-6-4-8-3-2-7(6)10;1-3-5-6-4-2;1-3-4-2/h2-11H,1H3;2-6H,1H3;2-5H,1H3;3-6H,1-2H3;3-4H,1-2H3/b;;;5-3-,6-4-;4-3-. The molecule has 0 saturated heterocycles. The molecule has 0 bridgehead atoms. The smallest absolute Gasteiger partial charge is 0.116 e. The molecule has 4 aromatic heterocycles. The Morgan fingerprint density at radius 2 is 1.23 bits per heavy atom. The normalized spacial score (nSPS) is 10.6. The van der Waals surface area contributed by atoms with Crippen LogP contribution in [0.3, 0.4) is 0 Å². The molecule has 4 heterocycles. The maximum absolute atomic E-state index is 4.71. The summed E-state index contributed by atoms with van der Waals surface area (Å²) >= 11 is 0. The highest BCUT2D eigenvalue weighted by atomic mass is 15.0. The van der Waals surface area contributed by atoms with Gasteiger partial charge in [-0.25, -0.2) is 19.9 Å². The van der Waals surface area contributed by atoms with Crippen LogP contribution in [0, 0.1) is 13.8 Å². The summed E-state index contributed by atoms with van der Waals surface area (Å²) in [5.74, 6) is 0. The fourth-order valence-electron chi connectivity index (χ4n) is 4.46. The van der Waals surface area contributed by atoms with Crippen LogP contribution in [0.1, 0.15) is 39.0 Å². The van der Waals surface area contributed by atoms with Crippen LogP contribution in [-0.2, 0) is 7.05 Å². The molecule has 0 fully saturated rings. The van der Waals surface area contributed by atoms with E-state index in [4.69, 9.17) is 4.98 Å². The highest BCUT2D eigenvalue weighted by molar-refractivity contribution is 5.85. The molecular formula is C42H46N6. The lowest BCUT2D eigenvalue weighted by Gasteiger charge is -2.06. The first-order chi connectivity index (χ1) is 23.4. The van der Waals surface area contributed by atoms with Crippen molar-refractivity contribution in [1.82, 2.24) is 29.5 Å². The topological polar surface area (TPSA) is 69.4 Å². The highest BCUT2D eigenvalue weighted by Gasteiger charge is 2.03. The Labute approximate surface area is 285 Å². The number of aromatic nitrogens is 6. The lowest BCUT2D eigenvalue weighted by molar-refractivity contribution is 0.947. The summed E-state index contributed by atoms with van der Waals surface area (Å²) in [5, 5.41) is 2.36. The first-order valence-corrected chi connectivity index (χ1v) is 16.0. The van der Waals surface area contributed by atoms with E-state index in [1.165, 1.54) is 16.5 Å². The van der Waals surface area contributed by atoms with Crippen LogP contribution in [-0.4, -0.2) is 29.5 Å². The quantitative estimate of drug-likeness (QED) is 0.140. The van der Waals surface area contributed by atoms with Crippen molar-refractivity contribution in [1.29, 1.82) is 0 Å². The van der Waals surface area contributed by atoms with E-state index in [1.54, 1.807) is 25.0 Å². The van der Waals surface area contributed by atoms with Gasteiger partial charge in [0.2, 0.25) is 0 Å². The van der Waals surface area contributed by atoms with Gasteiger partial charge in [0.05, 0.1) is 34.8 Å². The minimum atomic E-state index is 0.949. The summed E-state index contributed by atoms with van der Waals surface area (Å²) in [7, 11) is 1.97. The van der Waals surface area contributed by atoms with Crippen LogP contribution in [0.25, 0.3) is 44.1 Å². The lowest BCUT2D eigenvalue weighted by Crippen LogP contribution is -1.88. The summed E-state index contributed by atoms with van der Waals surface area (Å²) in [4.78, 5) is 21.0. The molecule has 0 aliphatic heterocycles. The zero-order valence-corrected chi connectivity index (χ0v) is 29.1. The van der Waals surface area contributed by atoms with E-state index < -0.39 is 0 Å². The Kier molecular flexibility index (Phi) is 15.6. The van der Waals surface area contributed by atoms with Crippen molar-refractivity contribution in [2.45, 2.75) is 41.5 Å². The van der Waals surface area contributed by atoms with Crippen molar-refractivity contribution in [3.8, 4) is 11.3 Å². The van der Waals surface area contributed by atoms with Crippen molar-refractivity contribution in [3.05, 3.63) is 164 Å². The van der Waals surface area contributed by atoms with Crippen molar-refractivity contribution in [2.24, 2.45) is 7.05 Å². The van der Waals surface area contributed by atoms with E-state index in [2.05, 4.69) is 63.3 Å². The van der Waals surface area contributed by atoms with Crippen molar-refractivity contribution in [2.75, 3.05) is 0 Å². The number of pyridine rings is 2. The van der Waals surface area contributed by atoms with Crippen molar-refractivity contribution in [3.63, 3.8) is 0 Å². The number of allylic oxidation sites excluding steroid dienone is 6. The van der Waals surface area contributed by atoms with Gasteiger partial charge in [0.25, 0.3) is 0 Å². The molecule has 0 saturated carbocycles. The molecule has 0 N–H and O–H groups in total. The Morgan fingerprint density at radius 3 is 1.85 bits per heavy atom. The Balaban J connectivity index is 0.000000177. The van der Waals surface area contributed by atoms with Crippen molar-refractivity contribution < 1.29 is 0 Å². The average molecular weight is 635 g/mol. The van der Waals surface area contributed by atoms with Gasteiger partial charge < -0.3 is 4.57 Å². The fraction of sp³-hybridized carbons (Fsp3) is 0.167. The SMILES string of the molecule is C/C=C\C.C/C=C\C=C/C.Cc1cc(-c2ccccc2)nc2ccccc12.Cc1ncnc2ccccc12.Cn1cnc2cnccc21. The number of nitrogens with zero attached hydrogens (tertiary/aromatic N) is 6. The number of rotatable bonds is 2. The van der Waals surface area contributed by atoms with E-state index in [0.29, 0.717) is 0 Å². The third-order valence-electron chi connectivity index (χ3n) is 7.09. The zero-order valence-electron chi connectivity index (χ0n) is 29.1. The van der Waals surface area contributed by atoms with E-state index in [0.717, 1.165) is 38.8 Å². The summed E-state index contributed by atoms with van der Waals surface area (Å²) in [5.41, 5.74) is 8.67. The van der Waals surface area contributed by atoms with Gasteiger partial charge in [0.15, 0.2) is 0 Å². The Hall–Kier alpha value is -5.75. The lowest BCUT2D eigenvalue weighted by atomic mass is 10.1. The number of fused-ring (bicyclic) bond motifs is 3. The Bertz CT molecular complexity index is 2040. The average Bonchev–Trinajstić information content (AvgIpc) is 3.52. The highest BCUT2D eigenvalue weighted by Crippen LogP contribution is 2.23. The van der Waals surface area contributed by atoms with Gasteiger partial charge in [-0.15, -0.1) is 0 Å². The summed E-state index contributed by atoms with van der Waals surface area (Å²) in [6, 6.07) is 30.7. The predicted molar refractivity (Wildman–Crippen MR) is 205 cm³/mol. The number of hydrogen-bond acceptors (Lipinski definition) is 5. The number of benzene rings is 3. The molecule has 0 atom stereocenters. The van der Waals surface area contributed by atoms with E-state index >= 15 is 0 Å². The van der Waals surface area contributed by atoms with Gasteiger partial charge in [0, 0.05) is 35.3 Å². The van der Waals surface area contributed by atoms with Gasteiger partial charge >= 0.3 is 0 Å². The number of imidazole rings is 1. The molecular weight excluding hydrogens is 589 g/mol. The van der Waals surface area contributed by atoms with Crippen LogP contribution in [0.15, 0.2) is 152 Å². The largest absolute Gasteiger partial charge is 0.334 e. The van der Waals surface area contributed by atoms with Crippen LogP contribution in [0.5, 0.6) is 0 Å². The maximum Gasteiger partial charge on any atom is 0.116 e. The molecule has 3 aromatic carbocycles. The zero-order chi connectivity index (χ0) is 34.6. The molecule has 0 unspecified atom stereocenters. The number of hydrogen-bond donors (Lipinski definition) is 0. The second kappa shape index (κ2) is 20.4. The molecule has 244 valence electrons. The van der Waals surface area contributed by atoms with Crippen LogP contribution < -0.4 is 0 Å². The minimum absolute atomic E-state index is 0.949. The molecule has 6 heteroatoms. The minimum Gasteiger partial charge on any atom is -0.334 e. The monoisotopic (exact) mass is 634 g/mol. The van der Waals surface area contributed by atoms with Gasteiger partial charge in [-0.1, -0.05) is 103 Å². The van der Waals surface area contributed by atoms with Gasteiger partial charge in [-0.3, -0.25) is 4.98 Å². The second-order valence-corrected chi connectivity index (χ2v) is 10.6. The molecule has 6 nitrogen and oxygen atoms in total. The third-order valence-corrected chi connectivity index (χ3v) is 7.09. The van der Waals surface area contributed by atoms with Crippen molar-refractivity contribution >= 4 is 32.8 Å². The second-order valence-electron chi connectivity index (χ2n) is 10.6. The van der Waals surface area contributed by atoms with Gasteiger partial charge in [-0.2, -0.15) is 0 Å². The number of para-hydroxylation sites is 2. The van der Waals surface area contributed by atoms with Crippen LogP contribution in [0.2, 0.25) is 0 Å². The molecule has 0 amide bonds. The van der Waals surface area contributed by atoms with Gasteiger partial charge in [-0.05, 0) is 71.4 Å².